The molecule has 1 aromatic carbocycles. The number of carbonyl (C=O) groups is 2. The van der Waals surface area contributed by atoms with E-state index in [1.165, 1.54) is 17.8 Å². The average Bonchev–Trinajstić information content (AvgIpc) is 2.88. The van der Waals surface area contributed by atoms with E-state index >= 15 is 0 Å². The minimum atomic E-state index is -0.981. The fourth-order valence-corrected chi connectivity index (χ4v) is 3.38. The number of aryl methyl sites for hydroxylation is 2. The third kappa shape index (κ3) is 4.34. The van der Waals surface area contributed by atoms with Crippen LogP contribution in [-0.4, -0.2) is 22.7 Å². The maximum Gasteiger partial charge on any atom is 0.345 e. The van der Waals surface area contributed by atoms with E-state index < -0.39 is 5.97 Å². The van der Waals surface area contributed by atoms with Crippen LogP contribution in [0.4, 0.5) is 5.00 Å². The molecular weight excluding hydrogens is 306 g/mol. The second-order valence-corrected chi connectivity index (χ2v) is 6.68. The molecule has 0 fully saturated rings. The Kier molecular flexibility index (Phi) is 5.03. The Bertz CT molecular complexity index is 679. The Labute approximate surface area is 131 Å². The molecule has 0 spiro atoms. The van der Waals surface area contributed by atoms with Crippen LogP contribution in [0.2, 0.25) is 0 Å². The fourth-order valence-electron chi connectivity index (χ4n) is 1.70. The van der Waals surface area contributed by atoms with Crippen molar-refractivity contribution in [2.45, 2.75) is 18.7 Å². The van der Waals surface area contributed by atoms with Gasteiger partial charge < -0.3 is 10.4 Å². The number of hydrogen-bond donors (Lipinski definition) is 2. The molecule has 110 valence electrons. The Morgan fingerprint density at radius 3 is 2.67 bits per heavy atom. The largest absolute Gasteiger partial charge is 0.477 e. The first-order valence-corrected chi connectivity index (χ1v) is 8.09. The van der Waals surface area contributed by atoms with Gasteiger partial charge in [0, 0.05) is 4.90 Å². The molecule has 0 unspecified atom stereocenters. The summed E-state index contributed by atoms with van der Waals surface area (Å²) in [5.74, 6) is -0.824. The summed E-state index contributed by atoms with van der Waals surface area (Å²) in [7, 11) is 0. The predicted octanol–water partition coefficient (Wildman–Crippen LogP) is 3.79. The normalized spacial score (nSPS) is 10.4. The van der Waals surface area contributed by atoms with Gasteiger partial charge in [0.2, 0.25) is 5.91 Å². The van der Waals surface area contributed by atoms with Crippen molar-refractivity contribution < 1.29 is 14.7 Å². The van der Waals surface area contributed by atoms with Gasteiger partial charge in [0.15, 0.2) is 0 Å². The zero-order valence-corrected chi connectivity index (χ0v) is 13.3. The van der Waals surface area contributed by atoms with E-state index in [0.29, 0.717) is 10.8 Å². The lowest BCUT2D eigenvalue weighted by molar-refractivity contribution is -0.113. The summed E-state index contributed by atoms with van der Waals surface area (Å²) >= 11 is 2.53. The van der Waals surface area contributed by atoms with E-state index in [2.05, 4.69) is 11.4 Å². The highest BCUT2D eigenvalue weighted by atomic mass is 32.2. The van der Waals surface area contributed by atoms with Gasteiger partial charge in [-0.1, -0.05) is 17.7 Å². The molecule has 1 heterocycles. The lowest BCUT2D eigenvalue weighted by atomic mass is 10.2. The number of carboxylic acid groups (broad SMARTS) is 1. The molecule has 6 heteroatoms. The summed E-state index contributed by atoms with van der Waals surface area (Å²) in [6.45, 7) is 4.03. The Morgan fingerprint density at radius 1 is 1.24 bits per heavy atom. The van der Waals surface area contributed by atoms with Crippen molar-refractivity contribution in [1.29, 1.82) is 0 Å². The number of hydrogen-bond acceptors (Lipinski definition) is 4. The van der Waals surface area contributed by atoms with Gasteiger partial charge in [-0.25, -0.2) is 4.79 Å². The Balaban J connectivity index is 1.92. The molecule has 0 bridgehead atoms. The summed E-state index contributed by atoms with van der Waals surface area (Å²) in [6, 6.07) is 9.22. The van der Waals surface area contributed by atoms with Crippen LogP contribution in [0.3, 0.4) is 0 Å². The minimum absolute atomic E-state index is 0.139. The molecule has 0 aliphatic rings. The number of thioether (sulfide) groups is 1. The first-order valence-electron chi connectivity index (χ1n) is 6.29. The second kappa shape index (κ2) is 6.78. The SMILES string of the molecule is Cc1ccc(C)c(SCC(=O)Nc2ccc(C(=O)O)s2)c1. The molecule has 21 heavy (non-hydrogen) atoms. The number of amides is 1. The molecule has 0 aliphatic carbocycles. The van der Waals surface area contributed by atoms with Gasteiger partial charge in [-0.15, -0.1) is 23.1 Å². The molecular formula is C15H15NO3S2. The lowest BCUT2D eigenvalue weighted by Gasteiger charge is -2.06. The number of nitrogens with one attached hydrogen (secondary N) is 1. The number of benzene rings is 1. The van der Waals surface area contributed by atoms with E-state index in [4.69, 9.17) is 5.11 Å². The van der Waals surface area contributed by atoms with Gasteiger partial charge in [-0.3, -0.25) is 4.79 Å². The third-order valence-electron chi connectivity index (χ3n) is 2.78. The van der Waals surface area contributed by atoms with Gasteiger partial charge in [-0.2, -0.15) is 0 Å². The number of rotatable bonds is 5. The van der Waals surface area contributed by atoms with Crippen LogP contribution in [0.15, 0.2) is 35.2 Å². The van der Waals surface area contributed by atoms with Gasteiger partial charge in [0.05, 0.1) is 10.8 Å². The Hall–Kier alpha value is -1.79. The highest BCUT2D eigenvalue weighted by Crippen LogP contribution is 2.25. The molecule has 0 saturated carbocycles. The van der Waals surface area contributed by atoms with E-state index in [9.17, 15) is 9.59 Å². The first-order chi connectivity index (χ1) is 9.95. The van der Waals surface area contributed by atoms with Crippen molar-refractivity contribution in [3.8, 4) is 0 Å². The van der Waals surface area contributed by atoms with Crippen LogP contribution < -0.4 is 5.32 Å². The molecule has 2 aromatic rings. The monoisotopic (exact) mass is 321 g/mol. The molecule has 1 aromatic heterocycles. The van der Waals surface area contributed by atoms with Crippen molar-refractivity contribution in [1.82, 2.24) is 0 Å². The van der Waals surface area contributed by atoms with Crippen molar-refractivity contribution in [2.75, 3.05) is 11.1 Å². The van der Waals surface area contributed by atoms with Gasteiger partial charge >= 0.3 is 5.97 Å². The van der Waals surface area contributed by atoms with Crippen molar-refractivity contribution in [3.05, 3.63) is 46.3 Å². The highest BCUT2D eigenvalue weighted by Gasteiger charge is 2.10. The average molecular weight is 321 g/mol. The van der Waals surface area contributed by atoms with Gasteiger partial charge in [-0.05, 0) is 37.6 Å². The predicted molar refractivity (Wildman–Crippen MR) is 86.5 cm³/mol. The van der Waals surface area contributed by atoms with Crippen LogP contribution in [0.5, 0.6) is 0 Å². The van der Waals surface area contributed by atoms with Crippen LogP contribution in [0, 0.1) is 13.8 Å². The molecule has 0 radical (unpaired) electrons. The molecule has 0 saturated heterocycles. The van der Waals surface area contributed by atoms with Gasteiger partial charge in [0.25, 0.3) is 0 Å². The van der Waals surface area contributed by atoms with E-state index in [0.717, 1.165) is 27.4 Å². The summed E-state index contributed by atoms with van der Waals surface area (Å²) in [6.07, 6.45) is 0. The van der Waals surface area contributed by atoms with E-state index in [1.807, 2.05) is 26.0 Å². The molecule has 2 N–H and O–H groups in total. The maximum atomic E-state index is 11.9. The minimum Gasteiger partial charge on any atom is -0.477 e. The summed E-state index contributed by atoms with van der Waals surface area (Å²) in [5.41, 5.74) is 2.30. The maximum absolute atomic E-state index is 11.9. The van der Waals surface area contributed by atoms with Crippen LogP contribution in [0.25, 0.3) is 0 Å². The molecule has 0 aliphatic heterocycles. The summed E-state index contributed by atoms with van der Waals surface area (Å²) in [4.78, 5) is 24.0. The quantitative estimate of drug-likeness (QED) is 0.822. The zero-order valence-electron chi connectivity index (χ0n) is 11.7. The lowest BCUT2D eigenvalue weighted by Crippen LogP contribution is -2.13. The standard InChI is InChI=1S/C15H15NO3S2/c1-9-3-4-10(2)12(7-9)20-8-13(17)16-14-6-5-11(21-14)15(18)19/h3-7H,8H2,1-2H3,(H,16,17)(H,18,19). The van der Waals surface area contributed by atoms with Gasteiger partial charge in [0.1, 0.15) is 4.88 Å². The van der Waals surface area contributed by atoms with Crippen molar-refractivity contribution in [2.24, 2.45) is 0 Å². The van der Waals surface area contributed by atoms with E-state index in [1.54, 1.807) is 6.07 Å². The van der Waals surface area contributed by atoms with Crippen molar-refractivity contribution >= 4 is 40.0 Å². The third-order valence-corrected chi connectivity index (χ3v) is 4.93. The smallest absolute Gasteiger partial charge is 0.345 e. The number of carboxylic acids is 1. The first kappa shape index (κ1) is 15.6. The molecule has 0 atom stereocenters. The molecule has 4 nitrogen and oxygen atoms in total. The zero-order chi connectivity index (χ0) is 15.4. The van der Waals surface area contributed by atoms with E-state index in [-0.39, 0.29) is 10.8 Å². The highest BCUT2D eigenvalue weighted by molar-refractivity contribution is 8.00. The topological polar surface area (TPSA) is 66.4 Å². The summed E-state index contributed by atoms with van der Waals surface area (Å²) in [5, 5.41) is 12.1. The number of anilines is 1. The number of carbonyl (C=O) groups excluding carboxylic acids is 1. The second-order valence-electron chi connectivity index (χ2n) is 4.57. The fraction of sp³-hybridized carbons (Fsp3) is 0.200. The van der Waals surface area contributed by atoms with Crippen LogP contribution in [0.1, 0.15) is 20.8 Å². The van der Waals surface area contributed by atoms with Crippen LogP contribution >= 0.6 is 23.1 Å². The Morgan fingerprint density at radius 2 is 2.00 bits per heavy atom. The number of thiophene rings is 1. The molecule has 2 rings (SSSR count). The number of aromatic carboxylic acids is 1. The molecule has 1 amide bonds. The summed E-state index contributed by atoms with van der Waals surface area (Å²) < 4.78 is 0. The van der Waals surface area contributed by atoms with Crippen molar-refractivity contribution in [3.63, 3.8) is 0 Å². The van der Waals surface area contributed by atoms with Crippen LogP contribution in [-0.2, 0) is 4.79 Å².